The van der Waals surface area contributed by atoms with Crippen molar-refractivity contribution in [3.63, 3.8) is 0 Å². The highest BCUT2D eigenvalue weighted by molar-refractivity contribution is 6.31. The highest BCUT2D eigenvalue weighted by Gasteiger charge is 2.12. The minimum atomic E-state index is -0.513. The van der Waals surface area contributed by atoms with E-state index in [2.05, 4.69) is 4.98 Å². The van der Waals surface area contributed by atoms with Crippen LogP contribution in [0.5, 0.6) is 5.75 Å². The molecule has 3 nitrogen and oxygen atoms in total. The first-order valence-corrected chi connectivity index (χ1v) is 4.56. The number of benzene rings is 1. The lowest BCUT2D eigenvalue weighted by molar-refractivity contribution is 0.372. The van der Waals surface area contributed by atoms with E-state index in [9.17, 15) is 4.39 Å². The molecule has 1 aromatic heterocycles. The van der Waals surface area contributed by atoms with E-state index in [0.29, 0.717) is 11.1 Å². The number of aromatic nitrogens is 1. The first-order valence-electron chi connectivity index (χ1n) is 4.19. The Balaban J connectivity index is 2.59. The van der Waals surface area contributed by atoms with Crippen LogP contribution in [0.4, 0.5) is 4.39 Å². The molecule has 0 aliphatic carbocycles. The van der Waals surface area contributed by atoms with Crippen LogP contribution in [0, 0.1) is 17.1 Å². The minimum absolute atomic E-state index is 0.0297. The van der Waals surface area contributed by atoms with Crippen molar-refractivity contribution in [2.75, 3.05) is 6.61 Å². The van der Waals surface area contributed by atoms with E-state index in [0.717, 1.165) is 0 Å². The Morgan fingerprint density at radius 2 is 2.40 bits per heavy atom. The monoisotopic (exact) mass is 224 g/mol. The average Bonchev–Trinajstić information content (AvgIpc) is 2.70. The normalized spacial score (nSPS) is 10.2. The fraction of sp³-hybridized carbons (Fsp3) is 0.100. The lowest BCUT2D eigenvalue weighted by Crippen LogP contribution is -1.95. The Labute approximate surface area is 90.0 Å². The van der Waals surface area contributed by atoms with Gasteiger partial charge in [0.25, 0.3) is 0 Å². The molecule has 0 amide bonds. The molecule has 1 N–H and O–H groups in total. The zero-order chi connectivity index (χ0) is 10.8. The van der Waals surface area contributed by atoms with E-state index >= 15 is 0 Å². The number of aromatic amines is 1. The summed E-state index contributed by atoms with van der Waals surface area (Å²) < 4.78 is 18.6. The topological polar surface area (TPSA) is 48.8 Å². The van der Waals surface area contributed by atoms with Crippen molar-refractivity contribution in [2.45, 2.75) is 0 Å². The summed E-state index contributed by atoms with van der Waals surface area (Å²) in [5, 5.41) is 8.93. The Hall–Kier alpha value is -1.73. The number of H-pyrrole nitrogens is 1. The SMILES string of the molecule is N#CCOc1cc(Cl)c(F)c2[nH]ccc12. The lowest BCUT2D eigenvalue weighted by Gasteiger charge is -2.05. The summed E-state index contributed by atoms with van der Waals surface area (Å²) in [5.74, 6) is -0.111. The predicted octanol–water partition coefficient (Wildman–Crippen LogP) is 2.86. The van der Waals surface area contributed by atoms with Crippen LogP contribution < -0.4 is 4.74 Å². The van der Waals surface area contributed by atoms with Gasteiger partial charge < -0.3 is 9.72 Å². The van der Waals surface area contributed by atoms with Crippen LogP contribution in [0.2, 0.25) is 5.02 Å². The summed E-state index contributed by atoms with van der Waals surface area (Å²) in [4.78, 5) is 2.72. The number of nitriles is 1. The minimum Gasteiger partial charge on any atom is -0.478 e. The Morgan fingerprint density at radius 3 is 3.13 bits per heavy atom. The number of hydrogen-bond acceptors (Lipinski definition) is 2. The highest BCUT2D eigenvalue weighted by Crippen LogP contribution is 2.32. The first kappa shape index (κ1) is 9.81. The third-order valence-corrected chi connectivity index (χ3v) is 2.27. The van der Waals surface area contributed by atoms with Gasteiger partial charge in [-0.2, -0.15) is 5.26 Å². The van der Waals surface area contributed by atoms with Gasteiger partial charge in [-0.1, -0.05) is 11.6 Å². The molecule has 76 valence electrons. The van der Waals surface area contributed by atoms with Gasteiger partial charge >= 0.3 is 0 Å². The lowest BCUT2D eigenvalue weighted by atomic mass is 10.2. The molecule has 2 aromatic rings. The van der Waals surface area contributed by atoms with Crippen LogP contribution in [0.25, 0.3) is 10.9 Å². The predicted molar refractivity (Wildman–Crippen MR) is 54.4 cm³/mol. The fourth-order valence-electron chi connectivity index (χ4n) is 1.36. The Bertz CT molecular complexity index is 544. The molecule has 1 aromatic carbocycles. The number of hydrogen-bond donors (Lipinski definition) is 1. The Kier molecular flexibility index (Phi) is 2.48. The molecule has 0 unspecified atom stereocenters. The van der Waals surface area contributed by atoms with Gasteiger partial charge in [0.15, 0.2) is 12.4 Å². The second-order valence-corrected chi connectivity index (χ2v) is 3.29. The van der Waals surface area contributed by atoms with Crippen LogP contribution in [-0.2, 0) is 0 Å². The standard InChI is InChI=1S/C10H6ClFN2O/c11-7-5-8(15-4-2-13)6-1-3-14-10(6)9(7)12/h1,3,5,14H,4H2. The molecule has 5 heteroatoms. The summed E-state index contributed by atoms with van der Waals surface area (Å²) in [5.41, 5.74) is 0.287. The van der Waals surface area contributed by atoms with Crippen LogP contribution >= 0.6 is 11.6 Å². The molecule has 0 saturated carbocycles. The third-order valence-electron chi connectivity index (χ3n) is 1.99. The number of ether oxygens (including phenoxy) is 1. The fourth-order valence-corrected chi connectivity index (χ4v) is 1.56. The quantitative estimate of drug-likeness (QED) is 0.853. The van der Waals surface area contributed by atoms with Gasteiger partial charge in [0.1, 0.15) is 11.8 Å². The number of fused-ring (bicyclic) bond motifs is 1. The van der Waals surface area contributed by atoms with E-state index in [1.165, 1.54) is 6.07 Å². The second-order valence-electron chi connectivity index (χ2n) is 2.88. The van der Waals surface area contributed by atoms with Gasteiger partial charge in [0, 0.05) is 17.6 Å². The van der Waals surface area contributed by atoms with E-state index in [1.807, 2.05) is 6.07 Å². The smallest absolute Gasteiger partial charge is 0.174 e. The van der Waals surface area contributed by atoms with Crippen molar-refractivity contribution in [3.05, 3.63) is 29.2 Å². The van der Waals surface area contributed by atoms with Crippen molar-refractivity contribution in [2.24, 2.45) is 0 Å². The zero-order valence-electron chi connectivity index (χ0n) is 7.55. The summed E-state index contributed by atoms with van der Waals surface area (Å²) >= 11 is 5.67. The van der Waals surface area contributed by atoms with Crippen molar-refractivity contribution in [1.82, 2.24) is 4.98 Å². The van der Waals surface area contributed by atoms with Crippen molar-refractivity contribution < 1.29 is 9.13 Å². The van der Waals surface area contributed by atoms with Gasteiger partial charge in [-0.05, 0) is 6.07 Å². The second kappa shape index (κ2) is 3.79. The van der Waals surface area contributed by atoms with E-state index in [1.54, 1.807) is 12.3 Å². The molecule has 0 aliphatic rings. The zero-order valence-corrected chi connectivity index (χ0v) is 8.31. The number of rotatable bonds is 2. The van der Waals surface area contributed by atoms with Gasteiger partial charge in [-0.15, -0.1) is 0 Å². The van der Waals surface area contributed by atoms with Crippen molar-refractivity contribution in [3.8, 4) is 11.8 Å². The number of nitrogens with one attached hydrogen (secondary N) is 1. The van der Waals surface area contributed by atoms with Crippen molar-refractivity contribution in [1.29, 1.82) is 5.26 Å². The van der Waals surface area contributed by atoms with Gasteiger partial charge in [-0.3, -0.25) is 0 Å². The van der Waals surface area contributed by atoms with Gasteiger partial charge in [0.05, 0.1) is 10.5 Å². The summed E-state index contributed by atoms with van der Waals surface area (Å²) in [7, 11) is 0. The van der Waals surface area contributed by atoms with E-state index in [4.69, 9.17) is 21.6 Å². The van der Waals surface area contributed by atoms with Crippen LogP contribution in [-0.4, -0.2) is 11.6 Å². The van der Waals surface area contributed by atoms with E-state index < -0.39 is 5.82 Å². The molecule has 15 heavy (non-hydrogen) atoms. The van der Waals surface area contributed by atoms with Crippen LogP contribution in [0.1, 0.15) is 0 Å². The molecule has 0 saturated heterocycles. The maximum Gasteiger partial charge on any atom is 0.174 e. The molecule has 0 atom stereocenters. The molecule has 0 spiro atoms. The molecule has 0 fully saturated rings. The summed E-state index contributed by atoms with van der Waals surface area (Å²) in [6, 6.07) is 4.87. The molecule has 0 radical (unpaired) electrons. The third kappa shape index (κ3) is 1.62. The number of nitrogens with zero attached hydrogens (tertiary/aromatic N) is 1. The largest absolute Gasteiger partial charge is 0.478 e. The molecule has 1 heterocycles. The van der Waals surface area contributed by atoms with Gasteiger partial charge in [-0.25, -0.2) is 4.39 Å². The van der Waals surface area contributed by atoms with Gasteiger partial charge in [0.2, 0.25) is 0 Å². The first-order chi connectivity index (χ1) is 7.24. The summed E-state index contributed by atoms with van der Waals surface area (Å²) in [6.07, 6.45) is 1.59. The molecule has 0 aliphatic heterocycles. The highest BCUT2D eigenvalue weighted by atomic mass is 35.5. The summed E-state index contributed by atoms with van der Waals surface area (Å²) in [6.45, 7) is -0.0950. The molecular formula is C10H6ClFN2O. The maximum atomic E-state index is 13.4. The Morgan fingerprint density at radius 1 is 1.60 bits per heavy atom. The molecular weight excluding hydrogens is 219 g/mol. The van der Waals surface area contributed by atoms with Crippen molar-refractivity contribution >= 4 is 22.5 Å². The average molecular weight is 225 g/mol. The number of halogens is 2. The molecule has 0 bridgehead atoms. The van der Waals surface area contributed by atoms with Crippen LogP contribution in [0.3, 0.4) is 0 Å². The van der Waals surface area contributed by atoms with E-state index in [-0.39, 0.29) is 17.1 Å². The molecule has 2 rings (SSSR count). The maximum absolute atomic E-state index is 13.4. The van der Waals surface area contributed by atoms with Crippen LogP contribution in [0.15, 0.2) is 18.3 Å².